The normalized spacial score (nSPS) is 10.9. The molecular formula is C27H23IN4O5. The third kappa shape index (κ3) is 6.73. The molecule has 1 amide bonds. The first-order valence-corrected chi connectivity index (χ1v) is 12.3. The van der Waals surface area contributed by atoms with Gasteiger partial charge in [0, 0.05) is 23.2 Å². The van der Waals surface area contributed by atoms with Crippen molar-refractivity contribution in [3.05, 3.63) is 104 Å². The van der Waals surface area contributed by atoms with Gasteiger partial charge in [-0.05, 0) is 69.4 Å². The number of anilines is 1. The molecule has 0 atom stereocenters. The van der Waals surface area contributed by atoms with Crippen LogP contribution in [0.3, 0.4) is 0 Å². The monoisotopic (exact) mass is 610 g/mol. The van der Waals surface area contributed by atoms with Crippen molar-refractivity contribution in [1.29, 1.82) is 0 Å². The third-order valence-electron chi connectivity index (χ3n) is 5.41. The minimum atomic E-state index is -0.444. The number of methoxy groups -OCH3 is 1. The molecule has 0 aliphatic carbocycles. The van der Waals surface area contributed by atoms with Crippen LogP contribution in [0.5, 0.6) is 11.5 Å². The molecule has 0 fully saturated rings. The van der Waals surface area contributed by atoms with Crippen LogP contribution in [0.2, 0.25) is 0 Å². The average Bonchev–Trinajstić information content (AvgIpc) is 2.91. The number of non-ortho nitro benzene ring substituents is 1. The Hall–Kier alpha value is -4.19. The van der Waals surface area contributed by atoms with Crippen molar-refractivity contribution < 1.29 is 19.2 Å². The van der Waals surface area contributed by atoms with Crippen molar-refractivity contribution in [3.8, 4) is 11.5 Å². The maximum absolute atomic E-state index is 12.3. The Labute approximate surface area is 226 Å². The molecule has 0 aliphatic rings. The second-order valence-electron chi connectivity index (χ2n) is 7.92. The summed E-state index contributed by atoms with van der Waals surface area (Å²) in [5.41, 5.74) is 4.93. The summed E-state index contributed by atoms with van der Waals surface area (Å²) in [5.74, 6) is 0.759. The highest BCUT2D eigenvalue weighted by molar-refractivity contribution is 14.1. The molecule has 188 valence electrons. The van der Waals surface area contributed by atoms with E-state index in [1.165, 1.54) is 25.5 Å². The number of fused-ring (bicyclic) bond motifs is 1. The number of ether oxygens (including phenoxy) is 2. The molecule has 0 aliphatic heterocycles. The molecule has 0 unspecified atom stereocenters. The van der Waals surface area contributed by atoms with Gasteiger partial charge in [-0.1, -0.05) is 36.4 Å². The number of nitrogens with zero attached hydrogens (tertiary/aromatic N) is 2. The van der Waals surface area contributed by atoms with Gasteiger partial charge in [-0.15, -0.1) is 0 Å². The van der Waals surface area contributed by atoms with Gasteiger partial charge >= 0.3 is 0 Å². The smallest absolute Gasteiger partial charge is 0.269 e. The van der Waals surface area contributed by atoms with Crippen LogP contribution in [0.4, 0.5) is 11.4 Å². The van der Waals surface area contributed by atoms with E-state index in [2.05, 4.69) is 38.4 Å². The maximum atomic E-state index is 12.3. The van der Waals surface area contributed by atoms with Crippen LogP contribution < -0.4 is 20.2 Å². The lowest BCUT2D eigenvalue weighted by molar-refractivity contribution is -0.384. The standard InChI is InChI=1S/C27H23IN4O5/c1-36-25-14-19(13-23(28)27(25)37-17-18-9-11-21(12-10-18)32(34)35)15-30-31-26(33)16-29-24-8-4-6-20-5-2-3-7-22(20)24/h2-15,29H,16-17H2,1H3,(H,31,33)/b30-15-. The van der Waals surface area contributed by atoms with E-state index in [0.29, 0.717) is 17.1 Å². The van der Waals surface area contributed by atoms with Gasteiger partial charge in [0.25, 0.3) is 11.6 Å². The lowest BCUT2D eigenvalue weighted by Crippen LogP contribution is -2.25. The van der Waals surface area contributed by atoms with E-state index in [-0.39, 0.29) is 24.7 Å². The molecular weight excluding hydrogens is 587 g/mol. The number of amides is 1. The molecule has 4 rings (SSSR count). The number of benzene rings is 4. The number of carbonyl (C=O) groups excluding carboxylic acids is 1. The fraction of sp³-hybridized carbons (Fsp3) is 0.111. The van der Waals surface area contributed by atoms with Gasteiger partial charge in [-0.3, -0.25) is 14.9 Å². The van der Waals surface area contributed by atoms with E-state index in [1.54, 1.807) is 18.2 Å². The Kier molecular flexibility index (Phi) is 8.52. The number of hydrogen-bond acceptors (Lipinski definition) is 7. The van der Waals surface area contributed by atoms with Crippen molar-refractivity contribution in [2.75, 3.05) is 19.0 Å². The van der Waals surface area contributed by atoms with E-state index in [0.717, 1.165) is 25.6 Å². The molecule has 0 spiro atoms. The predicted molar refractivity (Wildman–Crippen MR) is 151 cm³/mol. The SMILES string of the molecule is COc1cc(/C=N\NC(=O)CNc2cccc3ccccc23)cc(I)c1OCc1ccc([N+](=O)[O-])cc1. The van der Waals surface area contributed by atoms with Crippen molar-refractivity contribution >= 4 is 56.9 Å². The highest BCUT2D eigenvalue weighted by atomic mass is 127. The average molecular weight is 610 g/mol. The first-order valence-electron chi connectivity index (χ1n) is 11.2. The van der Waals surface area contributed by atoms with Crippen LogP contribution in [-0.4, -0.2) is 30.7 Å². The van der Waals surface area contributed by atoms with Gasteiger partial charge in [0.15, 0.2) is 11.5 Å². The van der Waals surface area contributed by atoms with Crippen LogP contribution >= 0.6 is 22.6 Å². The Morgan fingerprint density at radius 2 is 1.84 bits per heavy atom. The van der Waals surface area contributed by atoms with Crippen molar-refractivity contribution in [2.45, 2.75) is 6.61 Å². The van der Waals surface area contributed by atoms with Gasteiger partial charge in [0.05, 0.1) is 28.4 Å². The fourth-order valence-corrected chi connectivity index (χ4v) is 4.38. The number of hydrazone groups is 1. The minimum absolute atomic E-state index is 0.0241. The summed E-state index contributed by atoms with van der Waals surface area (Å²) in [5, 5.41) is 20.2. The predicted octanol–water partition coefficient (Wildman–Crippen LogP) is 5.50. The van der Waals surface area contributed by atoms with E-state index < -0.39 is 4.92 Å². The van der Waals surface area contributed by atoms with Crippen molar-refractivity contribution in [2.24, 2.45) is 5.10 Å². The largest absolute Gasteiger partial charge is 0.493 e. The maximum Gasteiger partial charge on any atom is 0.269 e. The van der Waals surface area contributed by atoms with Crippen LogP contribution in [0.15, 0.2) is 84.0 Å². The number of nitro groups is 1. The zero-order chi connectivity index (χ0) is 26.2. The zero-order valence-corrected chi connectivity index (χ0v) is 22.0. The topological polar surface area (TPSA) is 115 Å². The van der Waals surface area contributed by atoms with Gasteiger partial charge in [0.2, 0.25) is 0 Å². The highest BCUT2D eigenvalue weighted by Gasteiger charge is 2.12. The van der Waals surface area contributed by atoms with Gasteiger partial charge in [0.1, 0.15) is 6.61 Å². The van der Waals surface area contributed by atoms with E-state index in [4.69, 9.17) is 9.47 Å². The number of hydrogen-bond donors (Lipinski definition) is 2. The first kappa shape index (κ1) is 25.9. The van der Waals surface area contributed by atoms with Crippen LogP contribution in [0, 0.1) is 13.7 Å². The molecule has 10 heteroatoms. The van der Waals surface area contributed by atoms with Gasteiger partial charge in [-0.2, -0.15) is 5.10 Å². The van der Waals surface area contributed by atoms with Crippen molar-refractivity contribution in [3.63, 3.8) is 0 Å². The summed E-state index contributed by atoms with van der Waals surface area (Å²) in [6.07, 6.45) is 1.53. The van der Waals surface area contributed by atoms with Gasteiger partial charge in [-0.25, -0.2) is 5.43 Å². The summed E-state index contributed by atoms with van der Waals surface area (Å²) in [7, 11) is 1.53. The Morgan fingerprint density at radius 3 is 2.59 bits per heavy atom. The molecule has 0 radical (unpaired) electrons. The highest BCUT2D eigenvalue weighted by Crippen LogP contribution is 2.34. The molecule has 0 bridgehead atoms. The zero-order valence-electron chi connectivity index (χ0n) is 19.8. The Morgan fingerprint density at radius 1 is 1.08 bits per heavy atom. The molecule has 2 N–H and O–H groups in total. The molecule has 0 aromatic heterocycles. The quantitative estimate of drug-likeness (QED) is 0.106. The summed E-state index contributed by atoms with van der Waals surface area (Å²) >= 11 is 2.13. The number of nitro benzene ring substituents is 1. The molecule has 37 heavy (non-hydrogen) atoms. The lowest BCUT2D eigenvalue weighted by Gasteiger charge is -2.13. The van der Waals surface area contributed by atoms with Gasteiger partial charge < -0.3 is 14.8 Å². The van der Waals surface area contributed by atoms with E-state index in [1.807, 2.05) is 48.5 Å². The third-order valence-corrected chi connectivity index (χ3v) is 6.22. The number of rotatable bonds is 10. The Bertz CT molecular complexity index is 1450. The fourth-order valence-electron chi connectivity index (χ4n) is 3.60. The molecule has 0 heterocycles. The molecule has 0 saturated heterocycles. The summed E-state index contributed by atoms with van der Waals surface area (Å²) in [4.78, 5) is 22.7. The molecule has 4 aromatic carbocycles. The van der Waals surface area contributed by atoms with Crippen LogP contribution in [0.25, 0.3) is 10.8 Å². The number of carbonyl (C=O) groups is 1. The number of halogens is 1. The lowest BCUT2D eigenvalue weighted by atomic mass is 10.1. The summed E-state index contributed by atoms with van der Waals surface area (Å²) in [6.45, 7) is 0.291. The number of nitrogens with one attached hydrogen (secondary N) is 2. The summed E-state index contributed by atoms with van der Waals surface area (Å²) in [6, 6.07) is 23.6. The van der Waals surface area contributed by atoms with Crippen molar-refractivity contribution in [1.82, 2.24) is 5.43 Å². The second kappa shape index (κ2) is 12.2. The van der Waals surface area contributed by atoms with Crippen LogP contribution in [0.1, 0.15) is 11.1 Å². The first-order chi connectivity index (χ1) is 17.9. The summed E-state index contributed by atoms with van der Waals surface area (Å²) < 4.78 is 12.2. The Balaban J connectivity index is 1.34. The van der Waals surface area contributed by atoms with Crippen LogP contribution in [-0.2, 0) is 11.4 Å². The van der Waals surface area contributed by atoms with E-state index >= 15 is 0 Å². The molecule has 4 aromatic rings. The molecule has 9 nitrogen and oxygen atoms in total. The minimum Gasteiger partial charge on any atom is -0.493 e. The second-order valence-corrected chi connectivity index (χ2v) is 9.08. The van der Waals surface area contributed by atoms with E-state index in [9.17, 15) is 14.9 Å². The molecule has 0 saturated carbocycles.